The minimum atomic E-state index is -0.296. The lowest BCUT2D eigenvalue weighted by Gasteiger charge is -2.17. The molecule has 126 valence electrons. The molecule has 0 aliphatic carbocycles. The number of hydrogen-bond donors (Lipinski definition) is 1. The lowest BCUT2D eigenvalue weighted by atomic mass is 10.2. The second kappa shape index (κ2) is 7.96. The average molecular weight is 329 g/mol. The van der Waals surface area contributed by atoms with Crippen LogP contribution in [-0.4, -0.2) is 49.5 Å². The summed E-state index contributed by atoms with van der Waals surface area (Å²) < 4.78 is 10.0. The van der Waals surface area contributed by atoms with Crippen LogP contribution >= 0.6 is 0 Å². The third-order valence-electron chi connectivity index (χ3n) is 3.29. The molecular formula is C17H19N3O4. The molecule has 0 aliphatic rings. The van der Waals surface area contributed by atoms with Crippen molar-refractivity contribution in [3.8, 4) is 11.6 Å². The van der Waals surface area contributed by atoms with Gasteiger partial charge < -0.3 is 19.7 Å². The van der Waals surface area contributed by atoms with Gasteiger partial charge in [-0.15, -0.1) is 0 Å². The Morgan fingerprint density at radius 1 is 1.08 bits per heavy atom. The molecule has 0 atom stereocenters. The van der Waals surface area contributed by atoms with Crippen LogP contribution in [0.5, 0.6) is 11.6 Å². The second-order valence-electron chi connectivity index (χ2n) is 5.03. The van der Waals surface area contributed by atoms with Gasteiger partial charge in [0, 0.05) is 25.0 Å². The highest BCUT2D eigenvalue weighted by molar-refractivity contribution is 5.99. The molecular weight excluding hydrogens is 310 g/mol. The van der Waals surface area contributed by atoms with E-state index in [1.165, 1.54) is 18.2 Å². The number of benzene rings is 1. The summed E-state index contributed by atoms with van der Waals surface area (Å²) in [5.41, 5.74) is 1.02. The summed E-state index contributed by atoms with van der Waals surface area (Å²) in [6, 6.07) is 10.1. The molecule has 1 aromatic carbocycles. The zero-order valence-electron chi connectivity index (χ0n) is 13.8. The number of anilines is 1. The first kappa shape index (κ1) is 17.3. The SMILES string of the molecule is COc1ccc(NC(=O)CN(C)C(=O)c2ccc(OC)nc2)cc1. The van der Waals surface area contributed by atoms with Gasteiger partial charge in [0.2, 0.25) is 11.8 Å². The van der Waals surface area contributed by atoms with Crippen LogP contribution in [0.2, 0.25) is 0 Å². The molecule has 1 N–H and O–H groups in total. The number of carbonyl (C=O) groups excluding carboxylic acids is 2. The zero-order chi connectivity index (χ0) is 17.5. The van der Waals surface area contributed by atoms with Gasteiger partial charge in [-0.1, -0.05) is 0 Å². The van der Waals surface area contributed by atoms with Gasteiger partial charge in [-0.25, -0.2) is 4.98 Å². The van der Waals surface area contributed by atoms with Crippen molar-refractivity contribution in [2.45, 2.75) is 0 Å². The summed E-state index contributed by atoms with van der Waals surface area (Å²) in [6.45, 7) is -0.0725. The number of nitrogens with zero attached hydrogens (tertiary/aromatic N) is 2. The summed E-state index contributed by atoms with van der Waals surface area (Å²) in [5, 5.41) is 2.72. The first-order chi connectivity index (χ1) is 11.5. The number of likely N-dealkylation sites (N-methyl/N-ethyl adjacent to an activating group) is 1. The molecule has 7 nitrogen and oxygen atoms in total. The van der Waals surface area contributed by atoms with Crippen molar-refractivity contribution in [1.29, 1.82) is 0 Å². The fourth-order valence-corrected chi connectivity index (χ4v) is 2.01. The number of aromatic nitrogens is 1. The predicted molar refractivity (Wildman–Crippen MR) is 89.4 cm³/mol. The van der Waals surface area contributed by atoms with E-state index in [1.807, 2.05) is 0 Å². The number of carbonyl (C=O) groups is 2. The van der Waals surface area contributed by atoms with E-state index >= 15 is 0 Å². The summed E-state index contributed by atoms with van der Waals surface area (Å²) in [6.07, 6.45) is 1.42. The maximum Gasteiger partial charge on any atom is 0.255 e. The normalized spacial score (nSPS) is 9.96. The van der Waals surface area contributed by atoms with Crippen molar-refractivity contribution in [3.05, 3.63) is 48.2 Å². The highest BCUT2D eigenvalue weighted by Gasteiger charge is 2.15. The van der Waals surface area contributed by atoms with E-state index in [-0.39, 0.29) is 18.4 Å². The third kappa shape index (κ3) is 4.45. The summed E-state index contributed by atoms with van der Waals surface area (Å²) in [5.74, 6) is 0.534. The predicted octanol–water partition coefficient (Wildman–Crippen LogP) is 1.81. The molecule has 7 heteroatoms. The summed E-state index contributed by atoms with van der Waals surface area (Å²) in [7, 11) is 4.63. The molecule has 2 amide bonds. The monoisotopic (exact) mass is 329 g/mol. The molecule has 0 fully saturated rings. The van der Waals surface area contributed by atoms with Crippen LogP contribution in [-0.2, 0) is 4.79 Å². The van der Waals surface area contributed by atoms with Gasteiger partial charge in [-0.3, -0.25) is 9.59 Å². The number of methoxy groups -OCH3 is 2. The first-order valence-electron chi connectivity index (χ1n) is 7.23. The molecule has 0 bridgehead atoms. The Morgan fingerprint density at radius 3 is 2.33 bits per heavy atom. The second-order valence-corrected chi connectivity index (χ2v) is 5.03. The van der Waals surface area contributed by atoms with E-state index < -0.39 is 0 Å². The third-order valence-corrected chi connectivity index (χ3v) is 3.29. The molecule has 0 spiro atoms. The molecule has 2 aromatic rings. The molecule has 2 rings (SSSR count). The maximum absolute atomic E-state index is 12.3. The summed E-state index contributed by atoms with van der Waals surface area (Å²) >= 11 is 0. The van der Waals surface area contributed by atoms with Crippen LogP contribution in [0, 0.1) is 0 Å². The van der Waals surface area contributed by atoms with Crippen LogP contribution < -0.4 is 14.8 Å². The largest absolute Gasteiger partial charge is 0.497 e. The minimum absolute atomic E-state index is 0.0725. The molecule has 0 saturated heterocycles. The topological polar surface area (TPSA) is 80.8 Å². The maximum atomic E-state index is 12.3. The van der Waals surface area contributed by atoms with Gasteiger partial charge in [0.25, 0.3) is 5.91 Å². The quantitative estimate of drug-likeness (QED) is 0.874. The van der Waals surface area contributed by atoms with Crippen molar-refractivity contribution in [1.82, 2.24) is 9.88 Å². The Bertz CT molecular complexity index is 699. The smallest absolute Gasteiger partial charge is 0.255 e. The summed E-state index contributed by atoms with van der Waals surface area (Å²) in [4.78, 5) is 29.6. The molecule has 0 radical (unpaired) electrons. The number of pyridine rings is 1. The van der Waals surface area contributed by atoms with Crippen LogP contribution in [0.1, 0.15) is 10.4 Å². The Morgan fingerprint density at radius 2 is 1.79 bits per heavy atom. The average Bonchev–Trinajstić information content (AvgIpc) is 2.61. The number of ether oxygens (including phenoxy) is 2. The van der Waals surface area contributed by atoms with Gasteiger partial charge in [0.1, 0.15) is 5.75 Å². The van der Waals surface area contributed by atoms with Crippen molar-refractivity contribution in [2.75, 3.05) is 33.1 Å². The lowest BCUT2D eigenvalue weighted by molar-refractivity contribution is -0.116. The number of rotatable bonds is 6. The van der Waals surface area contributed by atoms with Crippen LogP contribution in [0.4, 0.5) is 5.69 Å². The van der Waals surface area contributed by atoms with Crippen molar-refractivity contribution < 1.29 is 19.1 Å². The standard InChI is InChI=1S/C17H19N3O4/c1-20(17(22)12-4-9-16(24-3)18-10-12)11-15(21)19-13-5-7-14(23-2)8-6-13/h4-10H,11H2,1-3H3,(H,19,21). The number of hydrogen-bond acceptors (Lipinski definition) is 5. The molecule has 0 unspecified atom stereocenters. The zero-order valence-corrected chi connectivity index (χ0v) is 13.8. The van der Waals surface area contributed by atoms with Gasteiger partial charge in [-0.05, 0) is 30.3 Å². The van der Waals surface area contributed by atoms with E-state index in [2.05, 4.69) is 10.3 Å². The Kier molecular flexibility index (Phi) is 5.73. The molecule has 1 heterocycles. The highest BCUT2D eigenvalue weighted by atomic mass is 16.5. The van der Waals surface area contributed by atoms with E-state index in [0.717, 1.165) is 0 Å². The lowest BCUT2D eigenvalue weighted by Crippen LogP contribution is -2.35. The molecule has 24 heavy (non-hydrogen) atoms. The Hall–Kier alpha value is -3.09. The Balaban J connectivity index is 1.92. The first-order valence-corrected chi connectivity index (χ1v) is 7.23. The van der Waals surface area contributed by atoms with E-state index in [0.29, 0.717) is 22.9 Å². The van der Waals surface area contributed by atoms with E-state index in [9.17, 15) is 9.59 Å². The van der Waals surface area contributed by atoms with Gasteiger partial charge in [0.05, 0.1) is 26.3 Å². The Labute approximate surface area is 140 Å². The van der Waals surface area contributed by atoms with Gasteiger partial charge >= 0.3 is 0 Å². The number of nitrogens with one attached hydrogen (secondary N) is 1. The van der Waals surface area contributed by atoms with Gasteiger partial charge in [-0.2, -0.15) is 0 Å². The van der Waals surface area contributed by atoms with Crippen molar-refractivity contribution >= 4 is 17.5 Å². The highest BCUT2D eigenvalue weighted by Crippen LogP contribution is 2.15. The molecule has 0 saturated carbocycles. The fourth-order valence-electron chi connectivity index (χ4n) is 2.01. The molecule has 0 aliphatic heterocycles. The fraction of sp³-hybridized carbons (Fsp3) is 0.235. The van der Waals surface area contributed by atoms with Gasteiger partial charge in [0.15, 0.2) is 0 Å². The van der Waals surface area contributed by atoms with Crippen molar-refractivity contribution in [2.24, 2.45) is 0 Å². The van der Waals surface area contributed by atoms with Crippen molar-refractivity contribution in [3.63, 3.8) is 0 Å². The molecule has 1 aromatic heterocycles. The van der Waals surface area contributed by atoms with Crippen LogP contribution in [0.15, 0.2) is 42.6 Å². The van der Waals surface area contributed by atoms with Crippen LogP contribution in [0.25, 0.3) is 0 Å². The van der Waals surface area contributed by atoms with Crippen LogP contribution in [0.3, 0.4) is 0 Å². The van der Waals surface area contributed by atoms with E-state index in [1.54, 1.807) is 50.6 Å². The van der Waals surface area contributed by atoms with E-state index in [4.69, 9.17) is 9.47 Å². The minimum Gasteiger partial charge on any atom is -0.497 e. The number of amides is 2.